The van der Waals surface area contributed by atoms with Crippen LogP contribution in [0.2, 0.25) is 0 Å². The number of nitrogens with one attached hydrogen (secondary N) is 1. The minimum Gasteiger partial charge on any atom is -0.349 e. The quantitative estimate of drug-likeness (QED) is 0.776. The summed E-state index contributed by atoms with van der Waals surface area (Å²) in [7, 11) is 1.83. The van der Waals surface area contributed by atoms with Crippen LogP contribution in [0, 0.1) is 0 Å². The first-order valence-electron chi connectivity index (χ1n) is 8.91. The molecule has 1 saturated heterocycles. The number of carbonyl (C=O) groups is 1. The highest BCUT2D eigenvalue weighted by atomic mass is 16.1. The van der Waals surface area contributed by atoms with Crippen LogP contribution >= 0.6 is 0 Å². The van der Waals surface area contributed by atoms with Gasteiger partial charge in [-0.1, -0.05) is 11.3 Å². The zero-order valence-electron chi connectivity index (χ0n) is 14.8. The molecule has 1 aromatic carbocycles. The summed E-state index contributed by atoms with van der Waals surface area (Å²) < 4.78 is 1.68. The third-order valence-electron chi connectivity index (χ3n) is 4.91. The highest BCUT2D eigenvalue weighted by Crippen LogP contribution is 2.16. The molecular formula is C19H22N6O. The first-order chi connectivity index (χ1) is 12.7. The Labute approximate surface area is 152 Å². The van der Waals surface area contributed by atoms with Gasteiger partial charge in [-0.15, -0.1) is 5.10 Å². The SMILES string of the molecule is Cn1nnc2ccc(C(=O)NC3CCN(Cc4ccccn4)CC3)cc21. The number of rotatable bonds is 4. The van der Waals surface area contributed by atoms with Gasteiger partial charge in [-0.05, 0) is 43.2 Å². The highest BCUT2D eigenvalue weighted by Gasteiger charge is 2.21. The van der Waals surface area contributed by atoms with Crippen LogP contribution in [0.25, 0.3) is 11.0 Å². The average molecular weight is 350 g/mol. The molecule has 0 saturated carbocycles. The van der Waals surface area contributed by atoms with Crippen molar-refractivity contribution >= 4 is 16.9 Å². The average Bonchev–Trinajstić information content (AvgIpc) is 3.04. The number of likely N-dealkylation sites (tertiary alicyclic amines) is 1. The molecule has 1 aliphatic heterocycles. The van der Waals surface area contributed by atoms with E-state index in [9.17, 15) is 4.79 Å². The minimum atomic E-state index is -0.0312. The number of carbonyl (C=O) groups excluding carboxylic acids is 1. The number of pyridine rings is 1. The third kappa shape index (κ3) is 3.57. The Kier molecular flexibility index (Phi) is 4.62. The molecule has 3 heterocycles. The molecular weight excluding hydrogens is 328 g/mol. The molecule has 26 heavy (non-hydrogen) atoms. The number of fused-ring (bicyclic) bond motifs is 1. The Morgan fingerprint density at radius 3 is 2.85 bits per heavy atom. The van der Waals surface area contributed by atoms with E-state index in [-0.39, 0.29) is 11.9 Å². The van der Waals surface area contributed by atoms with Crippen molar-refractivity contribution in [3.05, 3.63) is 53.9 Å². The molecule has 3 aromatic rings. The second kappa shape index (κ2) is 7.21. The third-order valence-corrected chi connectivity index (χ3v) is 4.91. The molecule has 0 spiro atoms. The van der Waals surface area contributed by atoms with Gasteiger partial charge in [0.05, 0.1) is 11.2 Å². The van der Waals surface area contributed by atoms with Crippen LogP contribution in [0.15, 0.2) is 42.6 Å². The van der Waals surface area contributed by atoms with E-state index in [2.05, 4.69) is 31.6 Å². The largest absolute Gasteiger partial charge is 0.349 e. The molecule has 2 aromatic heterocycles. The summed E-state index contributed by atoms with van der Waals surface area (Å²) >= 11 is 0. The number of hydrogen-bond donors (Lipinski definition) is 1. The van der Waals surface area contributed by atoms with E-state index in [0.29, 0.717) is 5.56 Å². The van der Waals surface area contributed by atoms with E-state index in [1.807, 2.05) is 43.6 Å². The zero-order chi connectivity index (χ0) is 17.9. The summed E-state index contributed by atoms with van der Waals surface area (Å²) in [5.41, 5.74) is 3.40. The van der Waals surface area contributed by atoms with Crippen molar-refractivity contribution in [2.45, 2.75) is 25.4 Å². The standard InChI is InChI=1S/C19H22N6O/c1-24-18-12-14(5-6-17(18)22-23-24)19(26)21-15-7-10-25(11-8-15)13-16-4-2-3-9-20-16/h2-6,9,12,15H,7-8,10-11,13H2,1H3,(H,21,26). The van der Waals surface area contributed by atoms with Gasteiger partial charge in [0.15, 0.2) is 0 Å². The summed E-state index contributed by atoms with van der Waals surface area (Å²) in [4.78, 5) is 19.3. The lowest BCUT2D eigenvalue weighted by Crippen LogP contribution is -2.44. The van der Waals surface area contributed by atoms with Gasteiger partial charge in [-0.2, -0.15) is 0 Å². The molecule has 4 rings (SSSR count). The van der Waals surface area contributed by atoms with Crippen molar-refractivity contribution in [2.75, 3.05) is 13.1 Å². The van der Waals surface area contributed by atoms with E-state index >= 15 is 0 Å². The zero-order valence-corrected chi connectivity index (χ0v) is 14.8. The summed E-state index contributed by atoms with van der Waals surface area (Å²) in [6.45, 7) is 2.80. The Bertz CT molecular complexity index is 899. The molecule has 0 radical (unpaired) electrons. The predicted octanol–water partition coefficient (Wildman–Crippen LogP) is 1.76. The summed E-state index contributed by atoms with van der Waals surface area (Å²) in [5, 5.41) is 11.2. The smallest absolute Gasteiger partial charge is 0.251 e. The fraction of sp³-hybridized carbons (Fsp3) is 0.368. The van der Waals surface area contributed by atoms with E-state index in [1.54, 1.807) is 4.68 Å². The molecule has 0 aliphatic carbocycles. The monoisotopic (exact) mass is 350 g/mol. The van der Waals surface area contributed by atoms with Crippen molar-refractivity contribution in [2.24, 2.45) is 7.05 Å². The van der Waals surface area contributed by atoms with Crippen LogP contribution in [0.1, 0.15) is 28.9 Å². The van der Waals surface area contributed by atoms with Gasteiger partial charge in [0.25, 0.3) is 5.91 Å². The van der Waals surface area contributed by atoms with Gasteiger partial charge in [-0.25, -0.2) is 4.68 Å². The predicted molar refractivity (Wildman–Crippen MR) is 98.5 cm³/mol. The van der Waals surface area contributed by atoms with Crippen molar-refractivity contribution in [3.63, 3.8) is 0 Å². The Morgan fingerprint density at radius 1 is 1.23 bits per heavy atom. The molecule has 0 atom stereocenters. The summed E-state index contributed by atoms with van der Waals surface area (Å²) in [6, 6.07) is 11.7. The molecule has 7 heteroatoms. The second-order valence-corrected chi connectivity index (χ2v) is 6.76. The van der Waals surface area contributed by atoms with Gasteiger partial charge in [0, 0.05) is 44.5 Å². The lowest BCUT2D eigenvalue weighted by atomic mass is 10.0. The maximum Gasteiger partial charge on any atom is 0.251 e. The van der Waals surface area contributed by atoms with Gasteiger partial charge < -0.3 is 5.32 Å². The molecule has 1 amide bonds. The normalized spacial score (nSPS) is 16.0. The molecule has 7 nitrogen and oxygen atoms in total. The number of aromatic nitrogens is 4. The van der Waals surface area contributed by atoms with E-state index in [0.717, 1.165) is 49.2 Å². The first kappa shape index (κ1) is 16.7. The van der Waals surface area contributed by atoms with Crippen molar-refractivity contribution < 1.29 is 4.79 Å². The highest BCUT2D eigenvalue weighted by molar-refractivity contribution is 5.97. The van der Waals surface area contributed by atoms with E-state index in [4.69, 9.17) is 0 Å². The molecule has 1 fully saturated rings. The molecule has 0 unspecified atom stereocenters. The number of hydrogen-bond acceptors (Lipinski definition) is 5. The number of nitrogens with zero attached hydrogens (tertiary/aromatic N) is 5. The minimum absolute atomic E-state index is 0.0312. The van der Waals surface area contributed by atoms with Crippen LogP contribution in [0.5, 0.6) is 0 Å². The fourth-order valence-electron chi connectivity index (χ4n) is 3.40. The number of piperidine rings is 1. The molecule has 1 N–H and O–H groups in total. The van der Waals surface area contributed by atoms with E-state index < -0.39 is 0 Å². The Balaban J connectivity index is 1.33. The van der Waals surface area contributed by atoms with Crippen molar-refractivity contribution in [1.29, 1.82) is 0 Å². The maximum atomic E-state index is 12.6. The van der Waals surface area contributed by atoms with Crippen LogP contribution in [-0.4, -0.2) is 49.9 Å². The van der Waals surface area contributed by atoms with E-state index in [1.165, 1.54) is 0 Å². The van der Waals surface area contributed by atoms with Gasteiger partial charge >= 0.3 is 0 Å². The molecule has 134 valence electrons. The van der Waals surface area contributed by atoms with Crippen LogP contribution in [0.4, 0.5) is 0 Å². The Morgan fingerprint density at radius 2 is 2.08 bits per heavy atom. The topological polar surface area (TPSA) is 75.9 Å². The first-order valence-corrected chi connectivity index (χ1v) is 8.91. The second-order valence-electron chi connectivity index (χ2n) is 6.76. The van der Waals surface area contributed by atoms with Gasteiger partial charge in [-0.3, -0.25) is 14.7 Å². The van der Waals surface area contributed by atoms with Crippen LogP contribution in [0.3, 0.4) is 0 Å². The molecule has 1 aliphatic rings. The van der Waals surface area contributed by atoms with Crippen molar-refractivity contribution in [1.82, 2.24) is 30.2 Å². The number of aryl methyl sites for hydroxylation is 1. The maximum absolute atomic E-state index is 12.6. The van der Waals surface area contributed by atoms with Gasteiger partial charge in [0.2, 0.25) is 0 Å². The Hall–Kier alpha value is -2.80. The number of benzene rings is 1. The van der Waals surface area contributed by atoms with Crippen molar-refractivity contribution in [3.8, 4) is 0 Å². The number of amides is 1. The summed E-state index contributed by atoms with van der Waals surface area (Å²) in [6.07, 6.45) is 3.74. The lowest BCUT2D eigenvalue weighted by molar-refractivity contribution is 0.0908. The summed E-state index contributed by atoms with van der Waals surface area (Å²) in [5.74, 6) is -0.0312. The fourth-order valence-corrected chi connectivity index (χ4v) is 3.40. The molecule has 0 bridgehead atoms. The van der Waals surface area contributed by atoms with Crippen LogP contribution in [-0.2, 0) is 13.6 Å². The van der Waals surface area contributed by atoms with Gasteiger partial charge in [0.1, 0.15) is 5.52 Å². The lowest BCUT2D eigenvalue weighted by Gasteiger charge is -2.32. The van der Waals surface area contributed by atoms with Crippen LogP contribution < -0.4 is 5.32 Å².